The fourth-order valence-corrected chi connectivity index (χ4v) is 14.3. The highest BCUT2D eigenvalue weighted by Crippen LogP contribution is 2.25. The van der Waals surface area contributed by atoms with Crippen LogP contribution in [0.4, 0.5) is 63.1 Å². The van der Waals surface area contributed by atoms with E-state index in [1.807, 2.05) is 0 Å². The first-order valence-corrected chi connectivity index (χ1v) is 44.0. The smallest absolute Gasteiger partial charge is 0.292 e. The summed E-state index contributed by atoms with van der Waals surface area (Å²) in [5.41, 5.74) is 3.43. The number of hydrogen-bond acceptors (Lipinski definition) is 23. The minimum atomic E-state index is -0.759. The number of benzene rings is 1. The maximum Gasteiger partial charge on any atom is 0.292 e. The lowest BCUT2D eigenvalue weighted by Crippen LogP contribution is -2.32. The third-order valence-corrected chi connectivity index (χ3v) is 21.3. The Balaban J connectivity index is 0.537. The molecule has 736 valence electrons. The summed E-state index contributed by atoms with van der Waals surface area (Å²) in [6.07, 6.45) is 20.0. The zero-order chi connectivity index (χ0) is 101. The van der Waals surface area contributed by atoms with Gasteiger partial charge in [-0.25, -0.2) is 19.9 Å². The Morgan fingerprint density at radius 1 is 0.229 bits per heavy atom. The first-order valence-electron chi connectivity index (χ1n) is 44.0. The lowest BCUT2D eigenvalue weighted by atomic mass is 10.1. The fourth-order valence-electron chi connectivity index (χ4n) is 14.3. The summed E-state index contributed by atoms with van der Waals surface area (Å²) < 4.78 is 14.3. The summed E-state index contributed by atoms with van der Waals surface area (Å²) >= 11 is 0. The van der Waals surface area contributed by atoms with E-state index in [0.29, 0.717) is 42.5 Å². The SMILES string of the molecule is Cn1cc(NC(=O)c2cc(NC(=O)c3cc(NC(=O)CCNC(=O)c4cc(NC(=O)c5cc(NC(=O)CCNC(=O)CCNC(=O)c6ccc(NC(=O)CCCCCCC=O)cc6)cn5C)cn4C)cn3C)cn2C)cc1C(=O)NCCCC(=O)Nc1cn(C)c(C(=O)Nc2cn(C)c(C(=O)Nc3cn(C)c(C(=O)NCCC(=O)Nc4cc(C(=O)Nc5cn(C)c(C(=O)NCCC=O)n5)n(C)c4)n3)n2)n1. The van der Waals surface area contributed by atoms with Gasteiger partial charge >= 0.3 is 0 Å². The molecule has 10 heterocycles. The third kappa shape index (κ3) is 28.6. The van der Waals surface area contributed by atoms with Gasteiger partial charge in [-0.05, 0) is 79.9 Å². The fraction of sp³-hybridized carbons (Fsp3) is 0.322. The molecule has 17 amide bonds. The lowest BCUT2D eigenvalue weighted by molar-refractivity contribution is -0.121. The molecule has 1 aromatic carbocycles. The third-order valence-electron chi connectivity index (χ3n) is 21.3. The first-order chi connectivity index (χ1) is 66.8. The summed E-state index contributed by atoms with van der Waals surface area (Å²) in [5.74, 6) is -9.32. The Morgan fingerprint density at radius 2 is 0.507 bits per heavy atom. The van der Waals surface area contributed by atoms with Crippen molar-refractivity contribution in [2.45, 2.75) is 83.5 Å². The number of aryl methyl sites for hydroxylation is 10. The second-order valence-electron chi connectivity index (χ2n) is 32.4. The molecular weight excluding hydrogens is 1820 g/mol. The van der Waals surface area contributed by atoms with Gasteiger partial charge in [-0.3, -0.25) is 81.5 Å². The number of aromatic nitrogens is 14. The Hall–Kier alpha value is -17.9. The molecule has 0 atom stereocenters. The molecule has 0 fully saturated rings. The molecule has 0 spiro atoms. The monoisotopic (exact) mass is 1930 g/mol. The van der Waals surface area contributed by atoms with Crippen LogP contribution in [-0.2, 0) is 109 Å². The number of nitrogens with one attached hydrogen (secondary N) is 17. The van der Waals surface area contributed by atoms with Gasteiger partial charge in [0.15, 0.2) is 23.3 Å². The van der Waals surface area contributed by atoms with Crippen molar-refractivity contribution in [2.75, 3.05) is 97.8 Å². The summed E-state index contributed by atoms with van der Waals surface area (Å²) in [4.78, 5) is 260. The molecule has 11 rings (SSSR count). The van der Waals surface area contributed by atoms with Crippen LogP contribution in [-0.4, -0.2) is 218 Å². The van der Waals surface area contributed by atoms with Crippen LogP contribution in [0.2, 0.25) is 0 Å². The van der Waals surface area contributed by atoms with Crippen molar-refractivity contribution in [3.63, 3.8) is 0 Å². The van der Waals surface area contributed by atoms with Crippen LogP contribution in [0, 0.1) is 0 Å². The van der Waals surface area contributed by atoms with Crippen molar-refractivity contribution in [1.29, 1.82) is 0 Å². The van der Waals surface area contributed by atoms with E-state index in [2.05, 4.69) is 110 Å². The number of aldehydes is 2. The number of imidazole rings is 4. The number of amides is 17. The predicted octanol–water partition coefficient (Wildman–Crippen LogP) is 3.89. The van der Waals surface area contributed by atoms with Crippen LogP contribution in [0.1, 0.15) is 199 Å². The maximum absolute atomic E-state index is 13.6. The number of hydrogen-bond donors (Lipinski definition) is 17. The Morgan fingerprint density at radius 3 is 0.900 bits per heavy atom. The molecule has 11 aromatic rings. The molecule has 50 nitrogen and oxygen atoms in total. The van der Waals surface area contributed by atoms with Gasteiger partial charge in [-0.1, -0.05) is 12.8 Å². The Bertz CT molecular complexity index is 6570. The largest absolute Gasteiger partial charge is 0.356 e. The van der Waals surface area contributed by atoms with Crippen LogP contribution in [0.15, 0.2) is 123 Å². The number of anilines is 11. The van der Waals surface area contributed by atoms with Crippen molar-refractivity contribution in [3.05, 3.63) is 186 Å². The van der Waals surface area contributed by atoms with Crippen LogP contribution in [0.25, 0.3) is 0 Å². The molecule has 140 heavy (non-hydrogen) atoms. The van der Waals surface area contributed by atoms with Gasteiger partial charge in [0.2, 0.25) is 58.7 Å². The molecule has 0 aliphatic rings. The summed E-state index contributed by atoms with van der Waals surface area (Å²) in [5, 5.41) is 45.4. The molecule has 0 radical (unpaired) electrons. The van der Waals surface area contributed by atoms with E-state index in [4.69, 9.17) is 0 Å². The lowest BCUT2D eigenvalue weighted by Gasteiger charge is -2.08. The normalized spacial score (nSPS) is 10.9. The van der Waals surface area contributed by atoms with E-state index < -0.39 is 94.5 Å². The van der Waals surface area contributed by atoms with Gasteiger partial charge in [-0.15, -0.1) is 0 Å². The van der Waals surface area contributed by atoms with Crippen molar-refractivity contribution in [2.24, 2.45) is 70.5 Å². The van der Waals surface area contributed by atoms with E-state index in [1.165, 1.54) is 165 Å². The van der Waals surface area contributed by atoms with Gasteiger partial charge in [0, 0.05) is 234 Å². The molecule has 0 saturated carbocycles. The Labute approximate surface area is 798 Å². The molecule has 0 aliphatic carbocycles. The minimum absolute atomic E-state index is 0.00646. The van der Waals surface area contributed by atoms with Crippen LogP contribution >= 0.6 is 0 Å². The van der Waals surface area contributed by atoms with Crippen molar-refractivity contribution in [1.82, 2.24) is 97.5 Å². The van der Waals surface area contributed by atoms with E-state index >= 15 is 0 Å². The quantitative estimate of drug-likeness (QED) is 0.0190. The van der Waals surface area contributed by atoms with E-state index in [1.54, 1.807) is 73.6 Å². The van der Waals surface area contributed by atoms with Crippen molar-refractivity contribution < 1.29 is 91.1 Å². The molecule has 10 aromatic heterocycles. The molecule has 0 aliphatic heterocycles. The van der Waals surface area contributed by atoms with Gasteiger partial charge in [0.25, 0.3) is 65.0 Å². The average molecular weight is 1930 g/mol. The molecule has 17 N–H and O–H groups in total. The second kappa shape index (κ2) is 47.8. The number of rotatable bonds is 48. The van der Waals surface area contributed by atoms with E-state index in [0.717, 1.165) is 25.5 Å². The molecule has 0 bridgehead atoms. The van der Waals surface area contributed by atoms with Gasteiger partial charge in [0.05, 0.1) is 34.1 Å². The zero-order valence-corrected chi connectivity index (χ0v) is 78.2. The topological polar surface area (TPSA) is 630 Å². The highest BCUT2D eigenvalue weighted by Gasteiger charge is 2.28. The highest BCUT2D eigenvalue weighted by atomic mass is 16.2. The van der Waals surface area contributed by atoms with Crippen molar-refractivity contribution in [3.8, 4) is 0 Å². The maximum atomic E-state index is 13.6. The zero-order valence-electron chi connectivity index (χ0n) is 78.2. The van der Waals surface area contributed by atoms with E-state index in [9.17, 15) is 91.1 Å². The highest BCUT2D eigenvalue weighted by molar-refractivity contribution is 6.11. The van der Waals surface area contributed by atoms with Crippen LogP contribution in [0.5, 0.6) is 0 Å². The summed E-state index contributed by atoms with van der Waals surface area (Å²) in [6.45, 7) is -0.0162. The number of carbonyl (C=O) groups is 19. The second-order valence-corrected chi connectivity index (χ2v) is 32.4. The number of nitrogens with zero attached hydrogens (tertiary/aromatic N) is 14. The molecule has 0 saturated heterocycles. The van der Waals surface area contributed by atoms with Gasteiger partial charge in [0.1, 0.15) is 46.7 Å². The standard InChI is InChI=1S/C90H107N31O19/c1-112-45-57(39-60(112)81(131)92-28-16-19-72(126)104-66-48-120(9)78(105-66)89(139)111-69-51-121(10)79(108-69)90(140)110-68-50-119(8)77(107-68)88(138)96-33-27-75(129)100-56-38-65(116(5)44-56)86(136)109-67-49-118(7)76(106-67)87(137)93-29-17-35-123)102-85(135)64-41-59(47-117(64)6)103-84(134)63-37-55(43-115(63)4)99-74(128)26-32-95-82(132)61-40-58(46-113(61)2)101-83(133)62-36-54(42-114(62)3)98-73(127)25-30-91-70(124)24-31-94-80(130)52-20-22-53(23-21-52)97-71(125)18-14-12-11-13-15-34-122/h20-23,34-51H,11-19,24-33H2,1-10H3,(H,91,124)(H,92,131)(H,93,137)(H,94,130)(H,95,132)(H,96,138)(H,97,125)(H,98,127)(H,99,128)(H,100,129)(H,101,133)(H,102,135)(H,103,134)(H,104,126)(H,109,136)(H,110,140)(H,111,139). The van der Waals surface area contributed by atoms with Gasteiger partial charge in [-0.2, -0.15) is 0 Å². The van der Waals surface area contributed by atoms with Crippen molar-refractivity contribution >= 4 is 176 Å². The summed E-state index contributed by atoms with van der Waals surface area (Å²) in [7, 11) is 15.6. The van der Waals surface area contributed by atoms with Crippen LogP contribution < -0.4 is 90.4 Å². The average Bonchev–Trinajstić information content (AvgIpc) is 1.68. The molecule has 50 heteroatoms. The van der Waals surface area contributed by atoms with Gasteiger partial charge < -0.3 is 146 Å². The number of unbranched alkanes of at least 4 members (excludes halogenated alkanes) is 4. The molecule has 0 unspecified atom stereocenters. The minimum Gasteiger partial charge on any atom is -0.356 e. The number of carbonyl (C=O) groups excluding carboxylic acids is 19. The predicted molar refractivity (Wildman–Crippen MR) is 509 cm³/mol. The van der Waals surface area contributed by atoms with Crippen LogP contribution in [0.3, 0.4) is 0 Å². The Kier molecular flexibility index (Phi) is 35.0. The summed E-state index contributed by atoms with van der Waals surface area (Å²) in [6, 6.07) is 15.0. The first kappa shape index (κ1) is 103. The van der Waals surface area contributed by atoms with E-state index in [-0.39, 0.29) is 199 Å². The molecular formula is C90H107N31O19.